The van der Waals surface area contributed by atoms with Gasteiger partial charge in [0.2, 0.25) is 5.88 Å². The van der Waals surface area contributed by atoms with Crippen LogP contribution in [-0.4, -0.2) is 17.1 Å². The second-order valence-electron chi connectivity index (χ2n) is 3.41. The van der Waals surface area contributed by atoms with Gasteiger partial charge in [-0.25, -0.2) is 9.97 Å². The Morgan fingerprint density at radius 3 is 2.94 bits per heavy atom. The largest absolute Gasteiger partial charge is 0.481 e. The normalized spacial score (nSPS) is 12.4. The predicted octanol–water partition coefficient (Wildman–Crippen LogP) is 3.83. The highest BCUT2D eigenvalue weighted by molar-refractivity contribution is 14.1. The Morgan fingerprint density at radius 2 is 2.29 bits per heavy atom. The summed E-state index contributed by atoms with van der Waals surface area (Å²) in [6.45, 7) is 0. The molecule has 0 bridgehead atoms. The lowest BCUT2D eigenvalue weighted by molar-refractivity contribution is 0.396. The van der Waals surface area contributed by atoms with Crippen LogP contribution < -0.4 is 4.74 Å². The molecule has 0 N–H and O–H groups in total. The molecule has 2 aromatic rings. The first kappa shape index (κ1) is 13.2. The summed E-state index contributed by atoms with van der Waals surface area (Å²) < 4.78 is 6.37. The molecule has 2 rings (SSSR count). The van der Waals surface area contributed by atoms with Crippen molar-refractivity contribution in [2.75, 3.05) is 7.11 Å². The first-order valence-electron chi connectivity index (χ1n) is 4.92. The number of halogens is 2. The van der Waals surface area contributed by atoms with E-state index < -0.39 is 0 Å². The molecule has 0 aliphatic carbocycles. The van der Waals surface area contributed by atoms with Crippen molar-refractivity contribution in [1.82, 2.24) is 9.97 Å². The van der Waals surface area contributed by atoms with E-state index in [9.17, 15) is 0 Å². The number of thiophene rings is 1. The molecule has 0 fully saturated rings. The molecule has 1 atom stereocenters. The maximum Gasteiger partial charge on any atom is 0.216 e. The second-order valence-corrected chi connectivity index (χ2v) is 7.32. The Balaban J connectivity index is 2.09. The molecular weight excluding hydrogens is 415 g/mol. The van der Waals surface area contributed by atoms with Crippen molar-refractivity contribution < 1.29 is 4.74 Å². The van der Waals surface area contributed by atoms with E-state index in [-0.39, 0.29) is 4.83 Å². The summed E-state index contributed by atoms with van der Waals surface area (Å²) >= 11 is 7.76. The minimum Gasteiger partial charge on any atom is -0.481 e. The van der Waals surface area contributed by atoms with Crippen molar-refractivity contribution in [2.24, 2.45) is 0 Å². The number of rotatable bonds is 4. The number of methoxy groups -OCH3 is 1. The van der Waals surface area contributed by atoms with E-state index in [2.05, 4.69) is 59.9 Å². The molecule has 0 saturated heterocycles. The van der Waals surface area contributed by atoms with Gasteiger partial charge >= 0.3 is 0 Å². The zero-order valence-corrected chi connectivity index (χ0v) is 13.6. The van der Waals surface area contributed by atoms with Gasteiger partial charge in [-0.05, 0) is 39.6 Å². The van der Waals surface area contributed by atoms with Crippen LogP contribution in [0.5, 0.6) is 5.88 Å². The maximum atomic E-state index is 5.08. The molecule has 1 unspecified atom stereocenters. The molecule has 0 aliphatic rings. The van der Waals surface area contributed by atoms with Crippen molar-refractivity contribution in [1.29, 1.82) is 0 Å². The molecular formula is C11H10BrIN2OS. The van der Waals surface area contributed by atoms with Gasteiger partial charge in [-0.1, -0.05) is 15.9 Å². The predicted molar refractivity (Wildman–Crippen MR) is 81.0 cm³/mol. The summed E-state index contributed by atoms with van der Waals surface area (Å²) in [4.78, 5) is 8.51. The topological polar surface area (TPSA) is 35.0 Å². The summed E-state index contributed by atoms with van der Waals surface area (Å²) in [6, 6.07) is 4.05. The summed E-state index contributed by atoms with van der Waals surface area (Å²) in [6.07, 6.45) is 2.36. The smallest absolute Gasteiger partial charge is 0.216 e. The first-order valence-corrected chi connectivity index (χ1v) is 7.79. The average molecular weight is 425 g/mol. The van der Waals surface area contributed by atoms with Crippen LogP contribution in [0.25, 0.3) is 0 Å². The van der Waals surface area contributed by atoms with E-state index in [4.69, 9.17) is 4.74 Å². The van der Waals surface area contributed by atoms with Gasteiger partial charge in [0.05, 0.1) is 9.99 Å². The number of hydrogen-bond donors (Lipinski definition) is 0. The molecule has 0 amide bonds. The highest BCUT2D eigenvalue weighted by Gasteiger charge is 2.11. The molecule has 2 heterocycles. The third-order valence-electron chi connectivity index (χ3n) is 2.25. The Bertz CT molecular complexity index is 506. The number of hydrogen-bond acceptors (Lipinski definition) is 4. The van der Waals surface area contributed by atoms with Gasteiger partial charge in [-0.15, -0.1) is 11.3 Å². The monoisotopic (exact) mass is 424 g/mol. The fraction of sp³-hybridized carbons (Fsp3) is 0.273. The fourth-order valence-electron chi connectivity index (χ4n) is 1.39. The van der Waals surface area contributed by atoms with Crippen molar-refractivity contribution >= 4 is 49.9 Å². The van der Waals surface area contributed by atoms with Crippen LogP contribution in [0.2, 0.25) is 0 Å². The Kier molecular flexibility index (Phi) is 4.75. The van der Waals surface area contributed by atoms with Crippen molar-refractivity contribution in [2.45, 2.75) is 11.2 Å². The summed E-state index contributed by atoms with van der Waals surface area (Å²) in [5.41, 5.74) is 2.26. The average Bonchev–Trinajstić information content (AvgIpc) is 2.76. The molecule has 0 spiro atoms. The molecule has 3 nitrogen and oxygen atoms in total. The van der Waals surface area contributed by atoms with E-state index in [1.54, 1.807) is 18.4 Å². The SMILES string of the molecule is COc1cc(CC(Br)c2csc(I)c2)ncn1. The second kappa shape index (κ2) is 6.10. The Labute approximate surface area is 126 Å². The van der Waals surface area contributed by atoms with E-state index in [0.29, 0.717) is 5.88 Å². The van der Waals surface area contributed by atoms with E-state index in [1.807, 2.05) is 6.07 Å². The van der Waals surface area contributed by atoms with E-state index >= 15 is 0 Å². The van der Waals surface area contributed by atoms with Crippen LogP contribution in [0, 0.1) is 2.88 Å². The quantitative estimate of drug-likeness (QED) is 0.552. The molecule has 0 aromatic carbocycles. The highest BCUT2D eigenvalue weighted by atomic mass is 127. The fourth-order valence-corrected chi connectivity index (χ4v) is 3.59. The number of alkyl halides is 1. The van der Waals surface area contributed by atoms with Crippen LogP contribution in [0.1, 0.15) is 16.1 Å². The molecule has 17 heavy (non-hydrogen) atoms. The zero-order valence-electron chi connectivity index (χ0n) is 9.06. The molecule has 90 valence electrons. The van der Waals surface area contributed by atoms with Gasteiger partial charge in [0, 0.05) is 23.0 Å². The number of ether oxygens (including phenoxy) is 1. The number of aromatic nitrogens is 2. The minimum absolute atomic E-state index is 0.280. The third-order valence-corrected chi connectivity index (χ3v) is 4.91. The van der Waals surface area contributed by atoms with Gasteiger partial charge in [0.1, 0.15) is 6.33 Å². The van der Waals surface area contributed by atoms with Gasteiger partial charge in [0.25, 0.3) is 0 Å². The summed E-state index contributed by atoms with van der Waals surface area (Å²) in [7, 11) is 1.61. The lowest BCUT2D eigenvalue weighted by Gasteiger charge is -2.07. The van der Waals surface area contributed by atoms with E-state index in [0.717, 1.165) is 12.1 Å². The minimum atomic E-state index is 0.280. The van der Waals surface area contributed by atoms with Crippen LogP contribution in [0.3, 0.4) is 0 Å². The molecule has 0 radical (unpaired) electrons. The summed E-state index contributed by atoms with van der Waals surface area (Å²) in [5.74, 6) is 0.606. The molecule has 6 heteroatoms. The Hall–Kier alpha value is -0.210. The maximum absolute atomic E-state index is 5.08. The molecule has 0 aliphatic heterocycles. The van der Waals surface area contributed by atoms with Crippen molar-refractivity contribution in [3.05, 3.63) is 38.0 Å². The lowest BCUT2D eigenvalue weighted by atomic mass is 10.1. The first-order chi connectivity index (χ1) is 8.19. The van der Waals surface area contributed by atoms with E-state index in [1.165, 1.54) is 14.8 Å². The highest BCUT2D eigenvalue weighted by Crippen LogP contribution is 2.30. The molecule has 2 aromatic heterocycles. The van der Waals surface area contributed by atoms with Gasteiger partial charge in [-0.3, -0.25) is 0 Å². The third kappa shape index (κ3) is 3.62. The van der Waals surface area contributed by atoms with Crippen molar-refractivity contribution in [3.63, 3.8) is 0 Å². The zero-order chi connectivity index (χ0) is 12.3. The van der Waals surface area contributed by atoms with Crippen LogP contribution in [-0.2, 0) is 6.42 Å². The van der Waals surface area contributed by atoms with Gasteiger partial charge < -0.3 is 4.74 Å². The van der Waals surface area contributed by atoms with Crippen molar-refractivity contribution in [3.8, 4) is 5.88 Å². The standard InChI is InChI=1S/C11H10BrIN2OS/c1-16-11-4-8(14-6-15-11)3-9(12)7-2-10(13)17-5-7/h2,4-6,9H,3H2,1H3. The van der Waals surface area contributed by atoms with Gasteiger partial charge in [-0.2, -0.15) is 0 Å². The summed E-state index contributed by atoms with van der Waals surface area (Å²) in [5, 5.41) is 2.17. The lowest BCUT2D eigenvalue weighted by Crippen LogP contribution is -1.98. The van der Waals surface area contributed by atoms with Crippen LogP contribution in [0.15, 0.2) is 23.8 Å². The Morgan fingerprint density at radius 1 is 1.47 bits per heavy atom. The van der Waals surface area contributed by atoms with Gasteiger partial charge in [0.15, 0.2) is 0 Å². The molecule has 0 saturated carbocycles. The number of nitrogens with zero attached hydrogens (tertiary/aromatic N) is 2. The van der Waals surface area contributed by atoms with Crippen LogP contribution in [0.4, 0.5) is 0 Å². The van der Waals surface area contributed by atoms with Crippen LogP contribution >= 0.6 is 49.9 Å².